The third kappa shape index (κ3) is 4.72. The number of hydrazine groups is 2. The second kappa shape index (κ2) is 9.02. The normalized spacial score (nSPS) is 20.3. The van der Waals surface area contributed by atoms with Gasteiger partial charge in [0.05, 0.1) is 6.67 Å². The summed E-state index contributed by atoms with van der Waals surface area (Å²) in [4.78, 5) is 22.5. The summed E-state index contributed by atoms with van der Waals surface area (Å²) in [6.07, 6.45) is 2.44. The summed E-state index contributed by atoms with van der Waals surface area (Å²) in [5, 5.41) is 5.26. The molecule has 1 saturated heterocycles. The predicted molar refractivity (Wildman–Crippen MR) is 71.3 cm³/mol. The van der Waals surface area contributed by atoms with Crippen molar-refractivity contribution in [3.05, 3.63) is 0 Å². The van der Waals surface area contributed by atoms with Crippen LogP contribution >= 0.6 is 0 Å². The molecule has 0 aromatic heterocycles. The third-order valence-electron chi connectivity index (χ3n) is 2.87. The van der Waals surface area contributed by atoms with Crippen molar-refractivity contribution in [1.29, 1.82) is 0 Å². The fraction of sp³-hybridized carbons (Fsp3) is 0.833. The van der Waals surface area contributed by atoms with E-state index in [1.165, 1.54) is 11.9 Å². The topological polar surface area (TPSA) is 55.9 Å². The number of ketones is 1. The molecule has 0 aromatic rings. The van der Waals surface area contributed by atoms with Gasteiger partial charge in [0.15, 0.2) is 5.78 Å². The van der Waals surface area contributed by atoms with Crippen LogP contribution in [0.2, 0.25) is 0 Å². The van der Waals surface area contributed by atoms with Crippen LogP contribution in [0.1, 0.15) is 33.6 Å². The molecule has 0 aromatic carbocycles. The Morgan fingerprint density at radius 1 is 1.50 bits per heavy atom. The Labute approximate surface area is 110 Å². The van der Waals surface area contributed by atoms with Crippen LogP contribution in [0.15, 0.2) is 0 Å². The zero-order chi connectivity index (χ0) is 14.1. The number of carbonyl (C=O) groups excluding carboxylic acids is 2. The molecule has 1 amide bonds. The molecule has 0 spiro atoms. The van der Waals surface area contributed by atoms with E-state index in [0.29, 0.717) is 6.67 Å². The zero-order valence-corrected chi connectivity index (χ0v) is 12.1. The van der Waals surface area contributed by atoms with Gasteiger partial charge in [-0.3, -0.25) is 20.0 Å². The molecule has 1 N–H and O–H groups in total. The molecule has 0 saturated carbocycles. The van der Waals surface area contributed by atoms with Gasteiger partial charge >= 0.3 is 0 Å². The lowest BCUT2D eigenvalue weighted by atomic mass is 10.1. The van der Waals surface area contributed by atoms with E-state index in [1.807, 2.05) is 38.0 Å². The molecule has 1 unspecified atom stereocenters. The van der Waals surface area contributed by atoms with Gasteiger partial charge in [-0.1, -0.05) is 13.8 Å². The van der Waals surface area contributed by atoms with Crippen molar-refractivity contribution in [2.75, 3.05) is 27.3 Å². The van der Waals surface area contributed by atoms with E-state index >= 15 is 0 Å². The zero-order valence-electron chi connectivity index (χ0n) is 12.1. The van der Waals surface area contributed by atoms with E-state index < -0.39 is 0 Å². The Hall–Kier alpha value is -0.980. The SMILES string of the molecule is CC.CNN(C)CN1CCCC(C(C)=O)N1C=O. The van der Waals surface area contributed by atoms with Gasteiger partial charge in [-0.05, 0) is 26.8 Å². The van der Waals surface area contributed by atoms with Crippen molar-refractivity contribution in [2.24, 2.45) is 0 Å². The van der Waals surface area contributed by atoms with E-state index in [1.54, 1.807) is 0 Å². The Bertz CT molecular complexity index is 260. The number of hydrogen-bond acceptors (Lipinski definition) is 5. The number of hydrogen-bond donors (Lipinski definition) is 1. The van der Waals surface area contributed by atoms with Gasteiger partial charge in [-0.15, -0.1) is 0 Å². The minimum absolute atomic E-state index is 0.0453. The lowest BCUT2D eigenvalue weighted by molar-refractivity contribution is -0.160. The van der Waals surface area contributed by atoms with Gasteiger partial charge in [0.25, 0.3) is 0 Å². The van der Waals surface area contributed by atoms with Gasteiger partial charge in [-0.25, -0.2) is 10.0 Å². The molecule has 1 rings (SSSR count). The molecule has 1 aliphatic rings. The lowest BCUT2D eigenvalue weighted by Crippen LogP contribution is -2.58. The van der Waals surface area contributed by atoms with Crippen LogP contribution in [0.25, 0.3) is 0 Å². The molecular formula is C12H26N4O2. The lowest BCUT2D eigenvalue weighted by Gasteiger charge is -2.42. The minimum atomic E-state index is -0.295. The van der Waals surface area contributed by atoms with Crippen LogP contribution in [0.5, 0.6) is 0 Å². The van der Waals surface area contributed by atoms with E-state index in [-0.39, 0.29) is 11.8 Å². The van der Waals surface area contributed by atoms with Crippen molar-refractivity contribution < 1.29 is 9.59 Å². The first-order valence-corrected chi connectivity index (χ1v) is 6.47. The van der Waals surface area contributed by atoms with Gasteiger partial charge in [0, 0.05) is 13.6 Å². The molecular weight excluding hydrogens is 232 g/mol. The van der Waals surface area contributed by atoms with Crippen LogP contribution < -0.4 is 5.43 Å². The summed E-state index contributed by atoms with van der Waals surface area (Å²) >= 11 is 0. The average molecular weight is 258 g/mol. The number of Topliss-reactive ketones (excluding diaryl/α,β-unsaturated/α-hetero) is 1. The molecule has 1 heterocycles. The third-order valence-corrected chi connectivity index (χ3v) is 2.87. The maximum atomic E-state index is 11.4. The molecule has 106 valence electrons. The Morgan fingerprint density at radius 3 is 2.56 bits per heavy atom. The number of amides is 1. The van der Waals surface area contributed by atoms with E-state index in [0.717, 1.165) is 25.8 Å². The van der Waals surface area contributed by atoms with Crippen molar-refractivity contribution in [3.8, 4) is 0 Å². The quantitative estimate of drug-likeness (QED) is 0.573. The van der Waals surface area contributed by atoms with Gasteiger partial charge in [-0.2, -0.15) is 0 Å². The maximum Gasteiger partial charge on any atom is 0.224 e. The Morgan fingerprint density at radius 2 is 2.11 bits per heavy atom. The van der Waals surface area contributed by atoms with Gasteiger partial charge < -0.3 is 0 Å². The van der Waals surface area contributed by atoms with Crippen molar-refractivity contribution >= 4 is 12.2 Å². The first-order valence-electron chi connectivity index (χ1n) is 6.47. The molecule has 6 nitrogen and oxygen atoms in total. The van der Waals surface area contributed by atoms with Crippen molar-refractivity contribution in [3.63, 3.8) is 0 Å². The number of rotatable bonds is 5. The van der Waals surface area contributed by atoms with Crippen LogP contribution in [0.4, 0.5) is 0 Å². The highest BCUT2D eigenvalue weighted by Gasteiger charge is 2.30. The summed E-state index contributed by atoms with van der Waals surface area (Å²) in [7, 11) is 3.71. The van der Waals surface area contributed by atoms with Crippen LogP contribution in [-0.4, -0.2) is 60.6 Å². The fourth-order valence-corrected chi connectivity index (χ4v) is 1.90. The second-order valence-corrected chi connectivity index (χ2v) is 4.05. The maximum absolute atomic E-state index is 11.4. The average Bonchev–Trinajstić information content (AvgIpc) is 2.40. The first-order chi connectivity index (χ1) is 8.60. The first kappa shape index (κ1) is 17.0. The van der Waals surface area contributed by atoms with Gasteiger partial charge in [0.2, 0.25) is 6.41 Å². The Balaban J connectivity index is 0.00000137. The van der Waals surface area contributed by atoms with Crippen LogP contribution in [0.3, 0.4) is 0 Å². The standard InChI is InChI=1S/C10H20N4O2.C2H6/c1-9(16)10-5-4-6-13(14(10)8-15)7-12(3)11-2;1-2/h8,10-11H,4-7H2,1-3H3;1-2H3. The highest BCUT2D eigenvalue weighted by atomic mass is 16.2. The molecule has 1 aliphatic heterocycles. The molecule has 1 atom stereocenters. The fourth-order valence-electron chi connectivity index (χ4n) is 1.90. The van der Waals surface area contributed by atoms with Crippen LogP contribution in [0, 0.1) is 0 Å². The van der Waals surface area contributed by atoms with E-state index in [4.69, 9.17) is 0 Å². The van der Waals surface area contributed by atoms with Gasteiger partial charge in [0.1, 0.15) is 6.04 Å². The highest BCUT2D eigenvalue weighted by molar-refractivity contribution is 5.83. The number of carbonyl (C=O) groups is 2. The number of nitrogens with zero attached hydrogens (tertiary/aromatic N) is 3. The highest BCUT2D eigenvalue weighted by Crippen LogP contribution is 2.17. The molecule has 18 heavy (non-hydrogen) atoms. The summed E-state index contributed by atoms with van der Waals surface area (Å²) < 4.78 is 0. The predicted octanol–water partition coefficient (Wildman–Crippen LogP) is 0.463. The molecule has 0 radical (unpaired) electrons. The second-order valence-electron chi connectivity index (χ2n) is 4.05. The van der Waals surface area contributed by atoms with E-state index in [9.17, 15) is 9.59 Å². The summed E-state index contributed by atoms with van der Waals surface area (Å²) in [5.74, 6) is 0.0453. The van der Waals surface area contributed by atoms with E-state index in [2.05, 4.69) is 5.43 Å². The smallest absolute Gasteiger partial charge is 0.224 e. The molecule has 0 aliphatic carbocycles. The van der Waals surface area contributed by atoms with Crippen LogP contribution in [-0.2, 0) is 9.59 Å². The molecule has 0 bridgehead atoms. The summed E-state index contributed by atoms with van der Waals surface area (Å²) in [6, 6.07) is -0.295. The van der Waals surface area contributed by atoms with Crippen molar-refractivity contribution in [2.45, 2.75) is 39.7 Å². The number of nitrogens with one attached hydrogen (secondary N) is 1. The largest absolute Gasteiger partial charge is 0.298 e. The molecule has 6 heteroatoms. The summed E-state index contributed by atoms with van der Waals surface area (Å²) in [5.41, 5.74) is 2.97. The monoisotopic (exact) mass is 258 g/mol. The molecule has 1 fully saturated rings. The minimum Gasteiger partial charge on any atom is -0.298 e. The Kier molecular flexibility index (Phi) is 8.53. The van der Waals surface area contributed by atoms with Crippen molar-refractivity contribution in [1.82, 2.24) is 20.5 Å². The summed E-state index contributed by atoms with van der Waals surface area (Å²) in [6.45, 7) is 6.92.